The van der Waals surface area contributed by atoms with Crippen molar-refractivity contribution in [3.05, 3.63) is 41.1 Å². The van der Waals surface area contributed by atoms with Gasteiger partial charge in [0.15, 0.2) is 0 Å². The number of carbonyl (C=O) groups is 2. The van der Waals surface area contributed by atoms with Crippen molar-refractivity contribution in [1.82, 2.24) is 10.2 Å². The number of hydrogen-bond donors (Lipinski definition) is 1. The molecule has 0 saturated heterocycles. The maximum absolute atomic E-state index is 12.6. The fourth-order valence-corrected chi connectivity index (χ4v) is 2.88. The van der Waals surface area contributed by atoms with E-state index >= 15 is 0 Å². The quantitative estimate of drug-likeness (QED) is 0.813. The summed E-state index contributed by atoms with van der Waals surface area (Å²) in [6.45, 7) is 4.05. The highest BCUT2D eigenvalue weighted by atomic mass is 16.5. The van der Waals surface area contributed by atoms with E-state index in [1.54, 1.807) is 21.1 Å². The van der Waals surface area contributed by atoms with Gasteiger partial charge in [0.1, 0.15) is 5.75 Å². The topological polar surface area (TPSA) is 67.9 Å². The lowest BCUT2D eigenvalue weighted by atomic mass is 9.92. The first kappa shape index (κ1) is 17.8. The van der Waals surface area contributed by atoms with E-state index in [1.807, 2.05) is 31.2 Å². The van der Waals surface area contributed by atoms with Gasteiger partial charge in [-0.15, -0.1) is 0 Å². The summed E-state index contributed by atoms with van der Waals surface area (Å²) in [5.41, 5.74) is 1.89. The summed E-state index contributed by atoms with van der Waals surface area (Å²) in [6.07, 6.45) is 1.43. The zero-order chi connectivity index (χ0) is 17.7. The number of allylic oxidation sites excluding steroid dienone is 1. The summed E-state index contributed by atoms with van der Waals surface area (Å²) in [4.78, 5) is 26.5. The number of benzene rings is 1. The molecule has 2 amide bonds. The Morgan fingerprint density at radius 2 is 2.00 bits per heavy atom. The summed E-state index contributed by atoms with van der Waals surface area (Å²) in [5, 5.41) is 2.88. The minimum atomic E-state index is -0.592. The lowest BCUT2D eigenvalue weighted by Gasteiger charge is -2.35. The van der Waals surface area contributed by atoms with E-state index in [4.69, 9.17) is 9.47 Å². The number of rotatable bonds is 6. The third-order valence-corrected chi connectivity index (χ3v) is 4.01. The Morgan fingerprint density at radius 3 is 2.62 bits per heavy atom. The molecule has 1 unspecified atom stereocenters. The molecule has 1 aliphatic rings. The highest BCUT2D eigenvalue weighted by Crippen LogP contribution is 2.36. The summed E-state index contributed by atoms with van der Waals surface area (Å²) < 4.78 is 10.7. The molecule has 0 aliphatic carbocycles. The number of nitrogens with one attached hydrogen (secondary N) is 1. The fourth-order valence-electron chi connectivity index (χ4n) is 2.88. The Morgan fingerprint density at radius 1 is 1.29 bits per heavy atom. The van der Waals surface area contributed by atoms with Gasteiger partial charge in [0.05, 0.1) is 25.3 Å². The highest BCUT2D eigenvalue weighted by Gasteiger charge is 2.37. The van der Waals surface area contributed by atoms with E-state index < -0.39 is 12.0 Å². The lowest BCUT2D eigenvalue weighted by molar-refractivity contribution is -0.139. The van der Waals surface area contributed by atoms with Crippen LogP contribution >= 0.6 is 0 Å². The Bertz CT molecular complexity index is 654. The molecule has 1 N–H and O–H groups in total. The normalized spacial score (nSPS) is 17.6. The number of methoxy groups -OCH3 is 1. The molecule has 1 aromatic carbocycles. The van der Waals surface area contributed by atoms with Gasteiger partial charge in [-0.3, -0.25) is 0 Å². The van der Waals surface area contributed by atoms with Crippen LogP contribution in [0.3, 0.4) is 0 Å². The summed E-state index contributed by atoms with van der Waals surface area (Å²) in [5.74, 6) is 0.203. The van der Waals surface area contributed by atoms with Gasteiger partial charge < -0.3 is 19.7 Å². The van der Waals surface area contributed by atoms with Crippen molar-refractivity contribution in [3.63, 3.8) is 0 Å². The van der Waals surface area contributed by atoms with Crippen LogP contribution in [-0.2, 0) is 9.53 Å². The van der Waals surface area contributed by atoms with Crippen molar-refractivity contribution >= 4 is 12.0 Å². The van der Waals surface area contributed by atoms with Crippen molar-refractivity contribution in [3.8, 4) is 5.75 Å². The third-order valence-electron chi connectivity index (χ3n) is 4.01. The Hall–Kier alpha value is -2.50. The molecule has 2 rings (SSSR count). The van der Waals surface area contributed by atoms with Crippen LogP contribution in [0.1, 0.15) is 38.3 Å². The van der Waals surface area contributed by atoms with Crippen LogP contribution in [0, 0.1) is 0 Å². The minimum Gasteiger partial charge on any atom is -0.496 e. The number of para-hydroxylation sites is 1. The van der Waals surface area contributed by atoms with Crippen molar-refractivity contribution < 1.29 is 19.1 Å². The maximum Gasteiger partial charge on any atom is 0.338 e. The first-order valence-electron chi connectivity index (χ1n) is 8.12. The van der Waals surface area contributed by atoms with Crippen LogP contribution in [0.4, 0.5) is 4.79 Å². The Kier molecular flexibility index (Phi) is 5.84. The fraction of sp³-hybridized carbons (Fsp3) is 0.444. The van der Waals surface area contributed by atoms with Crippen molar-refractivity contribution in [2.75, 3.05) is 20.8 Å². The molecule has 0 spiro atoms. The molecule has 130 valence electrons. The van der Waals surface area contributed by atoms with Gasteiger partial charge in [-0.05, 0) is 19.4 Å². The van der Waals surface area contributed by atoms with E-state index in [2.05, 4.69) is 5.32 Å². The van der Waals surface area contributed by atoms with E-state index in [9.17, 15) is 9.59 Å². The van der Waals surface area contributed by atoms with E-state index in [1.165, 1.54) is 4.90 Å². The van der Waals surface area contributed by atoms with Gasteiger partial charge in [-0.25, -0.2) is 9.59 Å². The first-order valence-corrected chi connectivity index (χ1v) is 8.12. The van der Waals surface area contributed by atoms with Crippen LogP contribution in [0.25, 0.3) is 0 Å². The van der Waals surface area contributed by atoms with Crippen molar-refractivity contribution in [1.29, 1.82) is 0 Å². The second kappa shape index (κ2) is 7.86. The molecule has 24 heavy (non-hydrogen) atoms. The average molecular weight is 332 g/mol. The van der Waals surface area contributed by atoms with Gasteiger partial charge in [-0.2, -0.15) is 0 Å². The molecule has 1 atom stereocenters. The molecular weight excluding hydrogens is 308 g/mol. The molecule has 1 aliphatic heterocycles. The van der Waals surface area contributed by atoms with Crippen molar-refractivity contribution in [2.24, 2.45) is 0 Å². The number of esters is 1. The third kappa shape index (κ3) is 3.37. The predicted octanol–water partition coefficient (Wildman–Crippen LogP) is 3.01. The monoisotopic (exact) mass is 332 g/mol. The number of nitrogens with zero attached hydrogens (tertiary/aromatic N) is 1. The second-order valence-electron chi connectivity index (χ2n) is 5.51. The number of amides is 2. The van der Waals surface area contributed by atoms with Crippen molar-refractivity contribution in [2.45, 2.75) is 32.7 Å². The lowest BCUT2D eigenvalue weighted by Crippen LogP contribution is -2.47. The number of hydrogen-bond acceptors (Lipinski definition) is 4. The molecule has 0 fully saturated rings. The molecule has 1 heterocycles. The molecule has 6 nitrogen and oxygen atoms in total. The maximum atomic E-state index is 12.6. The van der Waals surface area contributed by atoms with Gasteiger partial charge in [0, 0.05) is 18.3 Å². The van der Waals surface area contributed by atoms with Gasteiger partial charge in [-0.1, -0.05) is 31.5 Å². The SMILES string of the molecule is CCCC1=C(C(=O)OCC)C(c2ccccc2OC)NC(=O)N1C. The molecular formula is C18H24N2O4. The van der Waals surface area contributed by atoms with Gasteiger partial charge in [0.2, 0.25) is 0 Å². The number of urea groups is 1. The van der Waals surface area contributed by atoms with Crippen LogP contribution in [0.5, 0.6) is 5.75 Å². The summed E-state index contributed by atoms with van der Waals surface area (Å²) in [6, 6.07) is 6.51. The molecule has 6 heteroatoms. The second-order valence-corrected chi connectivity index (χ2v) is 5.51. The summed E-state index contributed by atoms with van der Waals surface area (Å²) >= 11 is 0. The summed E-state index contributed by atoms with van der Waals surface area (Å²) in [7, 11) is 3.23. The van der Waals surface area contributed by atoms with Gasteiger partial charge >= 0.3 is 12.0 Å². The first-order chi connectivity index (χ1) is 11.5. The zero-order valence-corrected chi connectivity index (χ0v) is 14.6. The van der Waals surface area contributed by atoms with Crippen LogP contribution in [-0.4, -0.2) is 37.7 Å². The minimum absolute atomic E-state index is 0.248. The molecule has 0 bridgehead atoms. The standard InChI is InChI=1S/C18H24N2O4/c1-5-9-13-15(17(21)24-6-2)16(19-18(22)20(13)3)12-10-7-8-11-14(12)23-4/h7-8,10-11,16H,5-6,9H2,1-4H3,(H,19,22). The smallest absolute Gasteiger partial charge is 0.338 e. The highest BCUT2D eigenvalue weighted by molar-refractivity contribution is 5.95. The number of carbonyl (C=O) groups excluding carboxylic acids is 2. The van der Waals surface area contributed by atoms with E-state index in [0.717, 1.165) is 12.0 Å². The van der Waals surface area contributed by atoms with Crippen LogP contribution in [0.15, 0.2) is 35.5 Å². The zero-order valence-electron chi connectivity index (χ0n) is 14.6. The Labute approximate surface area is 142 Å². The van der Waals surface area contributed by atoms with Crippen LogP contribution in [0.2, 0.25) is 0 Å². The molecule has 0 aromatic heterocycles. The molecule has 0 radical (unpaired) electrons. The van der Waals surface area contributed by atoms with E-state index in [-0.39, 0.29) is 12.6 Å². The number of ether oxygens (including phenoxy) is 2. The largest absolute Gasteiger partial charge is 0.496 e. The predicted molar refractivity (Wildman–Crippen MR) is 90.6 cm³/mol. The van der Waals surface area contributed by atoms with E-state index in [0.29, 0.717) is 23.4 Å². The Balaban J connectivity index is 2.62. The van der Waals surface area contributed by atoms with Gasteiger partial charge in [0.25, 0.3) is 0 Å². The molecule has 0 saturated carbocycles. The average Bonchev–Trinajstić information content (AvgIpc) is 2.59. The van der Waals surface area contributed by atoms with Crippen LogP contribution < -0.4 is 10.1 Å². The molecule has 1 aromatic rings.